The summed E-state index contributed by atoms with van der Waals surface area (Å²) in [7, 11) is 0. The third-order valence-electron chi connectivity index (χ3n) is 3.07. The van der Waals surface area contributed by atoms with Crippen molar-refractivity contribution in [2.24, 2.45) is 5.92 Å². The second-order valence-corrected chi connectivity index (χ2v) is 4.88. The predicted molar refractivity (Wildman–Crippen MR) is 69.6 cm³/mol. The molecule has 1 N–H and O–H groups in total. The van der Waals surface area contributed by atoms with E-state index in [2.05, 4.69) is 45.9 Å². The lowest BCUT2D eigenvalue weighted by Gasteiger charge is -2.16. The van der Waals surface area contributed by atoms with E-state index in [9.17, 15) is 5.11 Å². The largest absolute Gasteiger partial charge is 0.388 e. The summed E-state index contributed by atoms with van der Waals surface area (Å²) in [5, 5.41) is 10.1. The van der Waals surface area contributed by atoms with Crippen LogP contribution in [0.4, 0.5) is 0 Å². The van der Waals surface area contributed by atoms with Crippen LogP contribution >= 0.6 is 0 Å². The van der Waals surface area contributed by atoms with Gasteiger partial charge in [0.2, 0.25) is 0 Å². The zero-order valence-corrected chi connectivity index (χ0v) is 11.0. The minimum Gasteiger partial charge on any atom is -0.388 e. The van der Waals surface area contributed by atoms with Crippen LogP contribution in [0.5, 0.6) is 0 Å². The Balaban J connectivity index is 2.89. The van der Waals surface area contributed by atoms with Gasteiger partial charge in [-0.05, 0) is 41.9 Å². The first-order valence-electron chi connectivity index (χ1n) is 6.38. The Morgan fingerprint density at radius 1 is 1.06 bits per heavy atom. The molecule has 0 saturated carbocycles. The van der Waals surface area contributed by atoms with Crippen molar-refractivity contribution in [1.29, 1.82) is 0 Å². The van der Waals surface area contributed by atoms with Gasteiger partial charge >= 0.3 is 0 Å². The molecule has 0 bridgehead atoms. The monoisotopic (exact) mass is 220 g/mol. The van der Waals surface area contributed by atoms with Crippen LogP contribution in [0.1, 0.15) is 56.9 Å². The molecular weight excluding hydrogens is 196 g/mol. The van der Waals surface area contributed by atoms with Crippen LogP contribution in [0.2, 0.25) is 0 Å². The Morgan fingerprint density at radius 2 is 1.69 bits per heavy atom. The smallest absolute Gasteiger partial charge is 0.0792 e. The molecule has 1 heteroatoms. The molecule has 0 amide bonds. The van der Waals surface area contributed by atoms with E-state index in [0.717, 1.165) is 24.8 Å². The number of aliphatic hydroxyl groups is 1. The van der Waals surface area contributed by atoms with Crippen molar-refractivity contribution in [2.45, 2.75) is 53.1 Å². The first-order valence-corrected chi connectivity index (χ1v) is 6.38. The van der Waals surface area contributed by atoms with Crippen molar-refractivity contribution in [2.75, 3.05) is 0 Å². The SMILES string of the molecule is CCc1ccc(C(O)CC(C)C)cc1CC. The van der Waals surface area contributed by atoms with Gasteiger partial charge in [0.15, 0.2) is 0 Å². The average Bonchev–Trinajstić information content (AvgIpc) is 2.27. The summed E-state index contributed by atoms with van der Waals surface area (Å²) in [6.45, 7) is 8.64. The van der Waals surface area contributed by atoms with Gasteiger partial charge in [-0.2, -0.15) is 0 Å². The van der Waals surface area contributed by atoms with E-state index in [-0.39, 0.29) is 6.10 Å². The normalized spacial score (nSPS) is 13.1. The first-order chi connectivity index (χ1) is 7.58. The lowest BCUT2D eigenvalue weighted by molar-refractivity contribution is 0.151. The van der Waals surface area contributed by atoms with Crippen LogP contribution in [-0.2, 0) is 12.8 Å². The van der Waals surface area contributed by atoms with Gasteiger partial charge in [-0.15, -0.1) is 0 Å². The van der Waals surface area contributed by atoms with E-state index < -0.39 is 0 Å². The van der Waals surface area contributed by atoms with Crippen LogP contribution in [-0.4, -0.2) is 5.11 Å². The zero-order valence-electron chi connectivity index (χ0n) is 11.0. The maximum absolute atomic E-state index is 10.1. The molecule has 1 atom stereocenters. The molecule has 0 aliphatic heterocycles. The van der Waals surface area contributed by atoms with Gasteiger partial charge in [0, 0.05) is 0 Å². The molecule has 0 spiro atoms. The number of aliphatic hydroxyl groups excluding tert-OH is 1. The molecule has 1 rings (SSSR count). The lowest BCUT2D eigenvalue weighted by atomic mass is 9.94. The van der Waals surface area contributed by atoms with Crippen LogP contribution in [0.3, 0.4) is 0 Å². The fourth-order valence-corrected chi connectivity index (χ4v) is 2.11. The van der Waals surface area contributed by atoms with E-state index in [1.54, 1.807) is 0 Å². The molecule has 0 aliphatic carbocycles. The molecule has 1 aromatic carbocycles. The van der Waals surface area contributed by atoms with Gasteiger partial charge in [0.25, 0.3) is 0 Å². The van der Waals surface area contributed by atoms with Crippen molar-refractivity contribution < 1.29 is 5.11 Å². The number of aryl methyl sites for hydroxylation is 2. The second-order valence-electron chi connectivity index (χ2n) is 4.88. The topological polar surface area (TPSA) is 20.2 Å². The molecular formula is C15H24O. The van der Waals surface area contributed by atoms with Crippen LogP contribution in [0.15, 0.2) is 18.2 Å². The summed E-state index contributed by atoms with van der Waals surface area (Å²) in [6, 6.07) is 6.41. The zero-order chi connectivity index (χ0) is 12.1. The summed E-state index contributed by atoms with van der Waals surface area (Å²) < 4.78 is 0. The van der Waals surface area contributed by atoms with Crippen molar-refractivity contribution in [3.05, 3.63) is 34.9 Å². The molecule has 0 fully saturated rings. The van der Waals surface area contributed by atoms with Crippen molar-refractivity contribution in [1.82, 2.24) is 0 Å². The fourth-order valence-electron chi connectivity index (χ4n) is 2.11. The summed E-state index contributed by atoms with van der Waals surface area (Å²) in [4.78, 5) is 0. The predicted octanol–water partition coefficient (Wildman–Crippen LogP) is 3.89. The molecule has 0 aliphatic rings. The second kappa shape index (κ2) is 6.05. The van der Waals surface area contributed by atoms with Crippen LogP contribution in [0, 0.1) is 5.92 Å². The van der Waals surface area contributed by atoms with Crippen molar-refractivity contribution >= 4 is 0 Å². The number of hydrogen-bond acceptors (Lipinski definition) is 1. The number of hydrogen-bond donors (Lipinski definition) is 1. The highest BCUT2D eigenvalue weighted by atomic mass is 16.3. The Kier molecular flexibility index (Phi) is 5.01. The van der Waals surface area contributed by atoms with Gasteiger partial charge in [-0.25, -0.2) is 0 Å². The number of benzene rings is 1. The van der Waals surface area contributed by atoms with E-state index in [4.69, 9.17) is 0 Å². The lowest BCUT2D eigenvalue weighted by Crippen LogP contribution is -2.03. The summed E-state index contributed by atoms with van der Waals surface area (Å²) in [5.74, 6) is 0.533. The highest BCUT2D eigenvalue weighted by Gasteiger charge is 2.11. The van der Waals surface area contributed by atoms with Gasteiger partial charge in [0.1, 0.15) is 0 Å². The Hall–Kier alpha value is -0.820. The van der Waals surface area contributed by atoms with E-state index in [1.807, 2.05) is 0 Å². The van der Waals surface area contributed by atoms with Crippen molar-refractivity contribution in [3.63, 3.8) is 0 Å². The average molecular weight is 220 g/mol. The van der Waals surface area contributed by atoms with E-state index in [0.29, 0.717) is 5.92 Å². The number of rotatable bonds is 5. The van der Waals surface area contributed by atoms with E-state index >= 15 is 0 Å². The Labute approximate surface area is 99.5 Å². The quantitative estimate of drug-likeness (QED) is 0.798. The third kappa shape index (κ3) is 3.34. The molecule has 16 heavy (non-hydrogen) atoms. The fraction of sp³-hybridized carbons (Fsp3) is 0.600. The van der Waals surface area contributed by atoms with Gasteiger partial charge in [-0.3, -0.25) is 0 Å². The van der Waals surface area contributed by atoms with Crippen LogP contribution < -0.4 is 0 Å². The Morgan fingerprint density at radius 3 is 2.19 bits per heavy atom. The molecule has 90 valence electrons. The summed E-state index contributed by atoms with van der Waals surface area (Å²) >= 11 is 0. The molecule has 1 nitrogen and oxygen atoms in total. The Bertz CT molecular complexity index is 328. The molecule has 1 unspecified atom stereocenters. The molecule has 0 aromatic heterocycles. The first kappa shape index (κ1) is 13.2. The van der Waals surface area contributed by atoms with Gasteiger partial charge < -0.3 is 5.11 Å². The molecule has 1 aromatic rings. The minimum atomic E-state index is -0.309. The molecule has 0 radical (unpaired) electrons. The molecule has 0 saturated heterocycles. The maximum atomic E-state index is 10.1. The molecule has 0 heterocycles. The summed E-state index contributed by atoms with van der Waals surface area (Å²) in [5.41, 5.74) is 3.86. The van der Waals surface area contributed by atoms with E-state index in [1.165, 1.54) is 11.1 Å². The minimum absolute atomic E-state index is 0.309. The summed E-state index contributed by atoms with van der Waals surface area (Å²) in [6.07, 6.45) is 2.65. The van der Waals surface area contributed by atoms with Gasteiger partial charge in [0.05, 0.1) is 6.10 Å². The third-order valence-corrected chi connectivity index (χ3v) is 3.07. The van der Waals surface area contributed by atoms with Crippen LogP contribution in [0.25, 0.3) is 0 Å². The standard InChI is InChI=1S/C15H24O/c1-5-12-7-8-14(10-13(12)6-2)15(16)9-11(3)4/h7-8,10-11,15-16H,5-6,9H2,1-4H3. The van der Waals surface area contributed by atoms with Crippen molar-refractivity contribution in [3.8, 4) is 0 Å². The van der Waals surface area contributed by atoms with Gasteiger partial charge in [-0.1, -0.05) is 45.9 Å². The highest BCUT2D eigenvalue weighted by Crippen LogP contribution is 2.23. The highest BCUT2D eigenvalue weighted by molar-refractivity contribution is 5.33. The maximum Gasteiger partial charge on any atom is 0.0792 e.